The van der Waals surface area contributed by atoms with Crippen molar-refractivity contribution in [3.8, 4) is 11.5 Å². The van der Waals surface area contributed by atoms with E-state index < -0.39 is 23.0 Å². The zero-order chi connectivity index (χ0) is 45.0. The van der Waals surface area contributed by atoms with Gasteiger partial charge in [0.25, 0.3) is 0 Å². The summed E-state index contributed by atoms with van der Waals surface area (Å²) in [5.41, 5.74) is 8.62. The standard InChI is InChI=1S/C57H58N2O4/c1-39-30-33-46(58-52(60)62-50-34-31-44(54(2,3)40-22-14-10-15-23-40)36-47(50)56(6,7)42-26-18-12-19-27-42)38-49(39)59-53(61)63-51-35-32-45(55(4,5)41-24-16-11-17-25-41)37-48(51)57(8,9)43-28-20-13-21-29-43/h10-38H,1-9H3,(H,58,60)(H,59,61). The molecule has 2 amide bonds. The summed E-state index contributed by atoms with van der Waals surface area (Å²) in [6.45, 7) is 19.3. The van der Waals surface area contributed by atoms with Gasteiger partial charge in [-0.1, -0.05) is 207 Å². The van der Waals surface area contributed by atoms with Gasteiger partial charge in [-0.15, -0.1) is 0 Å². The van der Waals surface area contributed by atoms with E-state index in [4.69, 9.17) is 9.47 Å². The number of aryl methyl sites for hydroxylation is 1. The Balaban J connectivity index is 1.13. The van der Waals surface area contributed by atoms with Gasteiger partial charge < -0.3 is 9.47 Å². The van der Waals surface area contributed by atoms with Crippen molar-refractivity contribution in [2.24, 2.45) is 0 Å². The Morgan fingerprint density at radius 2 is 0.730 bits per heavy atom. The van der Waals surface area contributed by atoms with Crippen molar-refractivity contribution in [3.05, 3.63) is 226 Å². The first-order chi connectivity index (χ1) is 30.0. The Bertz CT molecular complexity index is 2710. The number of hydrogen-bond acceptors (Lipinski definition) is 4. The third kappa shape index (κ3) is 9.46. The molecule has 6 nitrogen and oxygen atoms in total. The molecule has 7 rings (SSSR count). The normalized spacial score (nSPS) is 12.0. The largest absolute Gasteiger partial charge is 0.417 e. The maximum absolute atomic E-state index is 13.8. The number of ether oxygens (including phenoxy) is 2. The zero-order valence-corrected chi connectivity index (χ0v) is 37.9. The molecule has 7 aromatic carbocycles. The summed E-state index contributed by atoms with van der Waals surface area (Å²) >= 11 is 0. The summed E-state index contributed by atoms with van der Waals surface area (Å²) in [6.07, 6.45) is -1.30. The molecule has 320 valence electrons. The Morgan fingerprint density at radius 1 is 0.381 bits per heavy atom. The van der Waals surface area contributed by atoms with Crippen LogP contribution in [0.25, 0.3) is 0 Å². The lowest BCUT2D eigenvalue weighted by Gasteiger charge is -2.32. The Labute approximate surface area is 373 Å². The molecule has 7 aromatic rings. The van der Waals surface area contributed by atoms with E-state index in [9.17, 15) is 9.59 Å². The second-order valence-electron chi connectivity index (χ2n) is 18.4. The van der Waals surface area contributed by atoms with E-state index in [0.717, 1.165) is 38.9 Å². The van der Waals surface area contributed by atoms with Crippen molar-refractivity contribution in [2.45, 2.75) is 84.0 Å². The van der Waals surface area contributed by atoms with E-state index in [1.54, 1.807) is 12.1 Å². The second-order valence-corrected chi connectivity index (χ2v) is 18.4. The van der Waals surface area contributed by atoms with Gasteiger partial charge in [0, 0.05) is 44.2 Å². The van der Waals surface area contributed by atoms with Gasteiger partial charge in [0.2, 0.25) is 0 Å². The topological polar surface area (TPSA) is 76.7 Å². The van der Waals surface area contributed by atoms with E-state index in [1.165, 1.54) is 11.1 Å². The molecule has 0 fully saturated rings. The first-order valence-corrected chi connectivity index (χ1v) is 21.6. The van der Waals surface area contributed by atoms with Gasteiger partial charge in [0.15, 0.2) is 0 Å². The molecule has 0 aliphatic rings. The summed E-state index contributed by atoms with van der Waals surface area (Å²) in [7, 11) is 0. The van der Waals surface area contributed by atoms with Crippen LogP contribution in [0.2, 0.25) is 0 Å². The number of rotatable bonds is 12. The molecule has 0 aliphatic heterocycles. The number of carbonyl (C=O) groups is 2. The molecule has 6 heteroatoms. The maximum Gasteiger partial charge on any atom is 0.417 e. The molecule has 0 atom stereocenters. The van der Waals surface area contributed by atoms with Crippen LogP contribution in [-0.2, 0) is 21.7 Å². The molecule has 0 saturated heterocycles. The van der Waals surface area contributed by atoms with E-state index in [1.807, 2.05) is 85.8 Å². The fourth-order valence-electron chi connectivity index (χ4n) is 8.37. The lowest BCUT2D eigenvalue weighted by Crippen LogP contribution is -2.26. The molecule has 2 N–H and O–H groups in total. The summed E-state index contributed by atoms with van der Waals surface area (Å²) in [4.78, 5) is 27.6. The van der Waals surface area contributed by atoms with Gasteiger partial charge in [0.05, 0.1) is 0 Å². The average molecular weight is 835 g/mol. The fraction of sp³-hybridized carbons (Fsp3) is 0.228. The van der Waals surface area contributed by atoms with Crippen molar-refractivity contribution in [1.82, 2.24) is 0 Å². The van der Waals surface area contributed by atoms with E-state index >= 15 is 0 Å². The highest BCUT2D eigenvalue weighted by molar-refractivity contribution is 5.91. The monoisotopic (exact) mass is 834 g/mol. The number of anilines is 2. The Kier molecular flexibility index (Phi) is 12.5. The van der Waals surface area contributed by atoms with Crippen LogP contribution in [0.3, 0.4) is 0 Å². The molecule has 0 aromatic heterocycles. The van der Waals surface area contributed by atoms with Gasteiger partial charge in [-0.05, 0) is 70.1 Å². The fourth-order valence-corrected chi connectivity index (χ4v) is 8.37. The van der Waals surface area contributed by atoms with Crippen LogP contribution >= 0.6 is 0 Å². The highest BCUT2D eigenvalue weighted by atomic mass is 16.6. The third-order valence-electron chi connectivity index (χ3n) is 12.9. The van der Waals surface area contributed by atoms with E-state index in [0.29, 0.717) is 22.9 Å². The molecule has 0 radical (unpaired) electrons. The molecule has 0 aliphatic carbocycles. The number of amides is 2. The van der Waals surface area contributed by atoms with E-state index in [2.05, 4.69) is 151 Å². The predicted molar refractivity (Wildman–Crippen MR) is 258 cm³/mol. The Morgan fingerprint density at radius 3 is 1.11 bits per heavy atom. The molecule has 0 heterocycles. The van der Waals surface area contributed by atoms with Crippen LogP contribution < -0.4 is 20.1 Å². The molecule has 0 bridgehead atoms. The van der Waals surface area contributed by atoms with E-state index in [-0.39, 0.29) is 10.8 Å². The lowest BCUT2D eigenvalue weighted by atomic mass is 9.73. The van der Waals surface area contributed by atoms with Crippen molar-refractivity contribution < 1.29 is 19.1 Å². The second kappa shape index (κ2) is 17.8. The number of carbonyl (C=O) groups excluding carboxylic acids is 2. The van der Waals surface area contributed by atoms with Crippen LogP contribution in [-0.4, -0.2) is 12.2 Å². The summed E-state index contributed by atoms with van der Waals surface area (Å²) in [5, 5.41) is 5.84. The van der Waals surface area contributed by atoms with Crippen LogP contribution in [0, 0.1) is 6.92 Å². The molecule has 0 saturated carbocycles. The van der Waals surface area contributed by atoms with Crippen molar-refractivity contribution >= 4 is 23.6 Å². The zero-order valence-electron chi connectivity index (χ0n) is 37.9. The number of benzene rings is 7. The number of hydrogen-bond donors (Lipinski definition) is 2. The smallest absolute Gasteiger partial charge is 0.410 e. The van der Waals surface area contributed by atoms with Crippen LogP contribution in [0.15, 0.2) is 176 Å². The van der Waals surface area contributed by atoms with Gasteiger partial charge >= 0.3 is 12.2 Å². The van der Waals surface area contributed by atoms with Gasteiger partial charge in [-0.25, -0.2) is 9.59 Å². The molecular weight excluding hydrogens is 777 g/mol. The van der Waals surface area contributed by atoms with Crippen molar-refractivity contribution in [1.29, 1.82) is 0 Å². The van der Waals surface area contributed by atoms with Crippen molar-refractivity contribution in [2.75, 3.05) is 10.6 Å². The summed E-state index contributed by atoms with van der Waals surface area (Å²) < 4.78 is 12.3. The first kappa shape index (κ1) is 44.1. The third-order valence-corrected chi connectivity index (χ3v) is 12.9. The highest BCUT2D eigenvalue weighted by Gasteiger charge is 2.33. The van der Waals surface area contributed by atoms with Crippen molar-refractivity contribution in [3.63, 3.8) is 0 Å². The molecular formula is C57H58N2O4. The quantitative estimate of drug-likeness (QED) is 0.129. The van der Waals surface area contributed by atoms with Gasteiger partial charge in [0.1, 0.15) is 11.5 Å². The van der Waals surface area contributed by atoms with Crippen LogP contribution in [0.1, 0.15) is 105 Å². The summed E-state index contributed by atoms with van der Waals surface area (Å²) in [6, 6.07) is 58.8. The molecule has 0 spiro atoms. The molecule has 63 heavy (non-hydrogen) atoms. The molecule has 0 unspecified atom stereocenters. The minimum Gasteiger partial charge on any atom is -0.410 e. The van der Waals surface area contributed by atoms with Gasteiger partial charge in [-0.3, -0.25) is 10.6 Å². The minimum absolute atomic E-state index is 0.307. The van der Waals surface area contributed by atoms with Crippen LogP contribution in [0.4, 0.5) is 21.0 Å². The first-order valence-electron chi connectivity index (χ1n) is 21.6. The maximum atomic E-state index is 13.8. The Hall–Kier alpha value is -6.92. The minimum atomic E-state index is -0.654. The predicted octanol–water partition coefficient (Wildman–Crippen LogP) is 14.5. The SMILES string of the molecule is Cc1ccc(NC(=O)Oc2ccc(C(C)(C)c3ccccc3)cc2C(C)(C)c2ccccc2)cc1NC(=O)Oc1ccc(C(C)(C)c2ccccc2)cc1C(C)(C)c1ccccc1. The lowest BCUT2D eigenvalue weighted by molar-refractivity contribution is 0.213. The summed E-state index contributed by atoms with van der Waals surface area (Å²) in [5.74, 6) is 0.910. The van der Waals surface area contributed by atoms with Gasteiger partial charge in [-0.2, -0.15) is 0 Å². The average Bonchev–Trinajstić information content (AvgIpc) is 3.28. The number of nitrogens with one attached hydrogen (secondary N) is 2. The highest BCUT2D eigenvalue weighted by Crippen LogP contribution is 2.43. The van der Waals surface area contributed by atoms with Crippen LogP contribution in [0.5, 0.6) is 11.5 Å².